The fourth-order valence-electron chi connectivity index (χ4n) is 5.80. The van der Waals surface area contributed by atoms with Crippen molar-refractivity contribution in [3.05, 3.63) is 101 Å². The molecule has 0 atom stereocenters. The summed E-state index contributed by atoms with van der Waals surface area (Å²) in [4.78, 5) is 22.4. The Morgan fingerprint density at radius 1 is 0.653 bits per heavy atom. The molecule has 0 unspecified atom stereocenters. The number of aromatic nitrogens is 4. The lowest BCUT2D eigenvalue weighted by atomic mass is 10.1. The highest BCUT2D eigenvalue weighted by molar-refractivity contribution is 6.32. The Morgan fingerprint density at radius 3 is 1.67 bits per heavy atom. The molecular weight excluding hydrogens is 661 g/mol. The van der Waals surface area contributed by atoms with Crippen LogP contribution in [0.25, 0.3) is 22.5 Å². The number of nitrogens with zero attached hydrogens (tertiary/aromatic N) is 6. The van der Waals surface area contributed by atoms with E-state index in [4.69, 9.17) is 37.9 Å². The quantitative estimate of drug-likeness (QED) is 0.150. The Morgan fingerprint density at radius 2 is 1.16 bits per heavy atom. The molecule has 2 saturated heterocycles. The van der Waals surface area contributed by atoms with E-state index in [1.807, 2.05) is 78.9 Å². The van der Waals surface area contributed by atoms with Gasteiger partial charge in [-0.25, -0.2) is 15.0 Å². The van der Waals surface area contributed by atoms with Gasteiger partial charge in [0, 0.05) is 55.1 Å². The fourth-order valence-corrected chi connectivity index (χ4v) is 6.23. The number of benzene rings is 3. The third-order valence-corrected chi connectivity index (χ3v) is 8.99. The molecule has 2 aliphatic rings. The van der Waals surface area contributed by atoms with E-state index in [2.05, 4.69) is 25.1 Å². The smallest absolute Gasteiger partial charge is 0.229 e. The molecule has 3 aromatic carbocycles. The Hall–Kier alpha value is -4.48. The van der Waals surface area contributed by atoms with Crippen molar-refractivity contribution >= 4 is 46.5 Å². The number of ether oxygens (including phenoxy) is 1. The van der Waals surface area contributed by atoms with Crippen molar-refractivity contribution in [2.45, 2.75) is 37.9 Å². The van der Waals surface area contributed by atoms with Crippen molar-refractivity contribution in [2.75, 3.05) is 48.4 Å². The molecule has 12 heteroatoms. The van der Waals surface area contributed by atoms with Crippen molar-refractivity contribution in [1.82, 2.24) is 19.9 Å². The summed E-state index contributed by atoms with van der Waals surface area (Å²) < 4.78 is 5.22. The lowest BCUT2D eigenvalue weighted by Gasteiger charge is -2.30. The average Bonchev–Trinajstić information content (AvgIpc) is 3.13. The van der Waals surface area contributed by atoms with Crippen LogP contribution < -0.4 is 19.9 Å². The van der Waals surface area contributed by atoms with E-state index in [-0.39, 0.29) is 17.5 Å². The summed E-state index contributed by atoms with van der Waals surface area (Å²) in [5.74, 6) is 2.78. The van der Waals surface area contributed by atoms with E-state index in [0.717, 1.165) is 91.7 Å². The van der Waals surface area contributed by atoms with E-state index in [9.17, 15) is 10.2 Å². The lowest BCUT2D eigenvalue weighted by Crippen LogP contribution is -2.36. The van der Waals surface area contributed by atoms with Gasteiger partial charge in [0.1, 0.15) is 17.4 Å². The molecule has 2 fully saturated rings. The van der Waals surface area contributed by atoms with Gasteiger partial charge in [-0.1, -0.05) is 72.3 Å². The van der Waals surface area contributed by atoms with Gasteiger partial charge in [-0.2, -0.15) is 4.98 Å². The zero-order chi connectivity index (χ0) is 34.2. The normalized spacial score (nSPS) is 15.4. The van der Waals surface area contributed by atoms with Crippen LogP contribution in [0.3, 0.4) is 0 Å². The van der Waals surface area contributed by atoms with Crippen LogP contribution in [0.2, 0.25) is 10.3 Å². The number of aliphatic hydroxyl groups excluding tert-OH is 2. The van der Waals surface area contributed by atoms with Crippen LogP contribution in [0, 0.1) is 0 Å². The molecule has 5 aromatic rings. The van der Waals surface area contributed by atoms with Crippen molar-refractivity contribution in [3.8, 4) is 28.3 Å². The predicted molar refractivity (Wildman–Crippen MR) is 196 cm³/mol. The van der Waals surface area contributed by atoms with E-state index in [1.165, 1.54) is 0 Å². The summed E-state index contributed by atoms with van der Waals surface area (Å²) in [6, 6.07) is 29.4. The van der Waals surface area contributed by atoms with Crippen LogP contribution >= 0.6 is 23.2 Å². The van der Waals surface area contributed by atoms with Gasteiger partial charge in [-0.05, 0) is 55.5 Å². The predicted octanol–water partition coefficient (Wildman–Crippen LogP) is 7.27. The lowest BCUT2D eigenvalue weighted by molar-refractivity contribution is 0.145. The van der Waals surface area contributed by atoms with Crippen LogP contribution in [0.5, 0.6) is 5.75 Å². The molecule has 10 nitrogen and oxygen atoms in total. The molecular formula is C37H39Cl2N7O3. The molecule has 0 bridgehead atoms. The van der Waals surface area contributed by atoms with Crippen molar-refractivity contribution < 1.29 is 14.9 Å². The second-order valence-electron chi connectivity index (χ2n) is 12.0. The maximum absolute atomic E-state index is 9.83. The van der Waals surface area contributed by atoms with Gasteiger partial charge in [0.05, 0.1) is 35.7 Å². The first-order valence-electron chi connectivity index (χ1n) is 16.4. The molecule has 0 saturated carbocycles. The third kappa shape index (κ3) is 9.16. The Balaban J connectivity index is 0.000000182. The van der Waals surface area contributed by atoms with Crippen LogP contribution in [0.4, 0.5) is 23.3 Å². The van der Waals surface area contributed by atoms with Gasteiger partial charge >= 0.3 is 0 Å². The maximum Gasteiger partial charge on any atom is 0.229 e. The highest BCUT2D eigenvalue weighted by atomic mass is 35.5. The van der Waals surface area contributed by atoms with Crippen LogP contribution in [-0.4, -0.2) is 75.6 Å². The van der Waals surface area contributed by atoms with Crippen molar-refractivity contribution in [3.63, 3.8) is 0 Å². The number of methoxy groups -OCH3 is 1. The number of hydrogen-bond donors (Lipinski definition) is 3. The van der Waals surface area contributed by atoms with E-state index in [0.29, 0.717) is 16.7 Å². The highest BCUT2D eigenvalue weighted by Crippen LogP contribution is 2.31. The second-order valence-corrected chi connectivity index (χ2v) is 12.7. The number of halogens is 2. The fraction of sp³-hybridized carbons (Fsp3) is 0.297. The standard InChI is InChI=1S/C22H23ClN4O2.C15H16ClN3O/c1-29-20-8-7-16(13-18(20)23)24-22-25-19(15-5-3-2-4-6-15)14-21(26-22)27-11-9-17(28)10-12-27;16-15-17-13(11-4-2-1-3-5-11)10-14(18-15)19-8-6-12(20)7-9-19/h2-8,13-14,17,28H,9-12H2,1H3,(H,24,25,26);1-5,10,12,20H,6-9H2. The topological polar surface area (TPSA) is 120 Å². The number of hydrogen-bond acceptors (Lipinski definition) is 10. The zero-order valence-electron chi connectivity index (χ0n) is 27.2. The summed E-state index contributed by atoms with van der Waals surface area (Å²) in [7, 11) is 1.59. The van der Waals surface area contributed by atoms with Crippen molar-refractivity contribution in [1.29, 1.82) is 0 Å². The van der Waals surface area contributed by atoms with Crippen LogP contribution in [0.1, 0.15) is 25.7 Å². The SMILES string of the molecule is COc1ccc(Nc2nc(-c3ccccc3)cc(N3CCC(O)CC3)n2)cc1Cl.OC1CCN(c2cc(-c3ccccc3)nc(Cl)n2)CC1. The zero-order valence-corrected chi connectivity index (χ0v) is 28.7. The van der Waals surface area contributed by atoms with Gasteiger partial charge in [0.15, 0.2) is 0 Å². The first kappa shape index (κ1) is 34.4. The summed E-state index contributed by atoms with van der Waals surface area (Å²) >= 11 is 12.3. The summed E-state index contributed by atoms with van der Waals surface area (Å²) in [5, 5.41) is 23.4. The number of anilines is 4. The molecule has 0 amide bonds. The van der Waals surface area contributed by atoms with Gasteiger partial charge < -0.3 is 30.1 Å². The number of piperidine rings is 2. The van der Waals surface area contributed by atoms with E-state index < -0.39 is 0 Å². The van der Waals surface area contributed by atoms with Crippen molar-refractivity contribution in [2.24, 2.45) is 0 Å². The van der Waals surface area contributed by atoms with E-state index in [1.54, 1.807) is 19.2 Å². The molecule has 2 aromatic heterocycles. The second kappa shape index (κ2) is 16.3. The van der Waals surface area contributed by atoms with Gasteiger partial charge in [-0.3, -0.25) is 0 Å². The summed E-state index contributed by atoms with van der Waals surface area (Å²) in [6.07, 6.45) is 2.58. The maximum atomic E-state index is 9.83. The largest absolute Gasteiger partial charge is 0.495 e. The molecule has 49 heavy (non-hydrogen) atoms. The number of aliphatic hydroxyl groups is 2. The number of rotatable bonds is 7. The van der Waals surface area contributed by atoms with Crippen LogP contribution in [0.15, 0.2) is 91.0 Å². The minimum atomic E-state index is -0.235. The molecule has 2 aliphatic heterocycles. The molecule has 3 N–H and O–H groups in total. The minimum absolute atomic E-state index is 0.197. The van der Waals surface area contributed by atoms with Crippen LogP contribution in [-0.2, 0) is 0 Å². The minimum Gasteiger partial charge on any atom is -0.495 e. The first-order chi connectivity index (χ1) is 23.8. The third-order valence-electron chi connectivity index (χ3n) is 8.52. The first-order valence-corrected chi connectivity index (χ1v) is 17.1. The molecule has 7 rings (SSSR count). The average molecular weight is 701 g/mol. The molecule has 0 aliphatic carbocycles. The van der Waals surface area contributed by atoms with Gasteiger partial charge in [-0.15, -0.1) is 0 Å². The molecule has 0 radical (unpaired) electrons. The molecule has 254 valence electrons. The summed E-state index contributed by atoms with van der Waals surface area (Å²) in [5.41, 5.74) is 4.48. The Bertz CT molecular complexity index is 1820. The monoisotopic (exact) mass is 699 g/mol. The number of nitrogens with one attached hydrogen (secondary N) is 1. The summed E-state index contributed by atoms with van der Waals surface area (Å²) in [6.45, 7) is 3.12. The Labute approximate surface area is 296 Å². The molecule has 4 heterocycles. The Kier molecular flexibility index (Phi) is 11.4. The van der Waals surface area contributed by atoms with E-state index >= 15 is 0 Å². The van der Waals surface area contributed by atoms with Gasteiger partial charge in [0.2, 0.25) is 11.2 Å². The molecule has 0 spiro atoms. The highest BCUT2D eigenvalue weighted by Gasteiger charge is 2.21. The van der Waals surface area contributed by atoms with Gasteiger partial charge in [0.25, 0.3) is 0 Å².